The number of fused-ring (bicyclic) bond motifs is 1. The molecule has 6 aromatic carbocycles. The Morgan fingerprint density at radius 3 is 2.04 bits per heavy atom. The van der Waals surface area contributed by atoms with E-state index in [4.69, 9.17) is 4.74 Å². The van der Waals surface area contributed by atoms with Crippen molar-refractivity contribution in [3.63, 3.8) is 0 Å². The maximum atomic E-state index is 14.5. The molecule has 0 saturated carbocycles. The second kappa shape index (κ2) is 14.1. The number of hydrogen-bond acceptors (Lipinski definition) is 5. The SMILES string of the molecule is O=C1NC(=O)N(c2cc3c4c(c2)[C@@H](c2ccccc2)CCN4CC[C@@H]3c2ccccc2)C(=O)/C1=C/c1cc(Br)ccc1OCc1cccc2ccccc12. The van der Waals surface area contributed by atoms with E-state index in [-0.39, 0.29) is 24.0 Å². The Hall–Kier alpha value is -5.99. The highest BCUT2D eigenvalue weighted by atomic mass is 79.9. The molecule has 3 aliphatic rings. The van der Waals surface area contributed by atoms with Crippen molar-refractivity contribution in [2.75, 3.05) is 22.9 Å². The summed E-state index contributed by atoms with van der Waals surface area (Å²) >= 11 is 3.55. The van der Waals surface area contributed by atoms with Crippen LogP contribution in [-0.4, -0.2) is 30.9 Å². The van der Waals surface area contributed by atoms with Crippen molar-refractivity contribution in [1.82, 2.24) is 5.32 Å². The lowest BCUT2D eigenvalue weighted by Gasteiger charge is -2.44. The summed E-state index contributed by atoms with van der Waals surface area (Å²) < 4.78 is 7.10. The minimum Gasteiger partial charge on any atom is -0.488 e. The number of carbonyl (C=O) groups is 3. The van der Waals surface area contributed by atoms with Gasteiger partial charge in [-0.05, 0) is 87.8 Å². The number of ether oxygens (including phenoxy) is 1. The van der Waals surface area contributed by atoms with Crippen molar-refractivity contribution >= 4 is 62.0 Å². The molecule has 0 aromatic heterocycles. The van der Waals surface area contributed by atoms with E-state index in [0.29, 0.717) is 17.0 Å². The number of nitrogens with zero attached hydrogens (tertiary/aromatic N) is 2. The Balaban J connectivity index is 1.12. The van der Waals surface area contributed by atoms with Crippen LogP contribution in [0.25, 0.3) is 16.8 Å². The van der Waals surface area contributed by atoms with Crippen LogP contribution >= 0.6 is 15.9 Å². The van der Waals surface area contributed by atoms with E-state index in [2.05, 4.69) is 92.9 Å². The molecule has 7 nitrogen and oxygen atoms in total. The third-order valence-electron chi connectivity index (χ3n) is 10.9. The number of carbonyl (C=O) groups excluding carboxylic acids is 3. The first-order chi connectivity index (χ1) is 26.4. The summed E-state index contributed by atoms with van der Waals surface area (Å²) in [6.07, 6.45) is 3.33. The number of imide groups is 2. The molecule has 4 amide bonds. The summed E-state index contributed by atoms with van der Waals surface area (Å²) in [4.78, 5) is 45.4. The lowest BCUT2D eigenvalue weighted by atomic mass is 9.76. The predicted octanol–water partition coefficient (Wildman–Crippen LogP) is 9.73. The van der Waals surface area contributed by atoms with E-state index in [0.717, 1.165) is 62.8 Å². The smallest absolute Gasteiger partial charge is 0.335 e. The molecule has 0 bridgehead atoms. The highest BCUT2D eigenvalue weighted by Gasteiger charge is 2.40. The van der Waals surface area contributed by atoms with Crippen LogP contribution in [-0.2, 0) is 16.2 Å². The Morgan fingerprint density at radius 2 is 1.35 bits per heavy atom. The molecule has 1 saturated heterocycles. The van der Waals surface area contributed by atoms with Crippen molar-refractivity contribution in [1.29, 1.82) is 0 Å². The van der Waals surface area contributed by atoms with Crippen LogP contribution in [0.1, 0.15) is 58.1 Å². The minimum atomic E-state index is -0.771. The molecular formula is C46H36BrN3O4. The Bertz CT molecular complexity index is 2400. The van der Waals surface area contributed by atoms with Gasteiger partial charge in [-0.2, -0.15) is 0 Å². The molecule has 8 heteroatoms. The van der Waals surface area contributed by atoms with Crippen molar-refractivity contribution in [3.05, 3.63) is 177 Å². The van der Waals surface area contributed by atoms with Gasteiger partial charge >= 0.3 is 6.03 Å². The van der Waals surface area contributed by atoms with E-state index in [1.54, 1.807) is 6.07 Å². The number of halogens is 1. The third-order valence-corrected chi connectivity index (χ3v) is 11.4. The largest absolute Gasteiger partial charge is 0.488 e. The molecule has 0 unspecified atom stereocenters. The first-order valence-electron chi connectivity index (χ1n) is 18.3. The normalized spacial score (nSPS) is 18.8. The Kier molecular flexibility index (Phi) is 8.83. The summed E-state index contributed by atoms with van der Waals surface area (Å²) in [7, 11) is 0. The maximum Gasteiger partial charge on any atom is 0.335 e. The zero-order chi connectivity index (χ0) is 36.8. The molecular weight excluding hydrogens is 738 g/mol. The molecule has 3 heterocycles. The summed E-state index contributed by atoms with van der Waals surface area (Å²) in [5, 5.41) is 4.66. The van der Waals surface area contributed by atoms with Gasteiger partial charge in [0.1, 0.15) is 17.9 Å². The predicted molar refractivity (Wildman–Crippen MR) is 216 cm³/mol. The highest BCUT2D eigenvalue weighted by molar-refractivity contribution is 9.10. The van der Waals surface area contributed by atoms with Crippen LogP contribution in [0.15, 0.2) is 144 Å². The highest BCUT2D eigenvalue weighted by Crippen LogP contribution is 2.50. The lowest BCUT2D eigenvalue weighted by molar-refractivity contribution is -0.122. The second-order valence-corrected chi connectivity index (χ2v) is 14.9. The lowest BCUT2D eigenvalue weighted by Crippen LogP contribution is -2.54. The van der Waals surface area contributed by atoms with Crippen LogP contribution in [0, 0.1) is 0 Å². The fourth-order valence-corrected chi connectivity index (χ4v) is 8.73. The number of nitrogens with one attached hydrogen (secondary N) is 1. The molecule has 9 rings (SSSR count). The topological polar surface area (TPSA) is 79.0 Å². The van der Waals surface area contributed by atoms with Gasteiger partial charge in [-0.15, -0.1) is 0 Å². The molecule has 0 aliphatic carbocycles. The minimum absolute atomic E-state index is 0.0772. The molecule has 1 N–H and O–H groups in total. The van der Waals surface area contributed by atoms with Crippen molar-refractivity contribution < 1.29 is 19.1 Å². The van der Waals surface area contributed by atoms with E-state index >= 15 is 0 Å². The number of urea groups is 1. The van der Waals surface area contributed by atoms with Crippen LogP contribution in [0.3, 0.4) is 0 Å². The number of anilines is 2. The molecule has 0 spiro atoms. The maximum absolute atomic E-state index is 14.5. The monoisotopic (exact) mass is 773 g/mol. The number of benzene rings is 6. The van der Waals surface area contributed by atoms with Gasteiger partial charge in [0.2, 0.25) is 0 Å². The van der Waals surface area contributed by atoms with Crippen LogP contribution in [0.4, 0.5) is 16.2 Å². The molecule has 266 valence electrons. The molecule has 1 fully saturated rings. The van der Waals surface area contributed by atoms with Gasteiger partial charge in [0, 0.05) is 40.6 Å². The van der Waals surface area contributed by atoms with Crippen LogP contribution < -0.4 is 19.9 Å². The fourth-order valence-electron chi connectivity index (χ4n) is 8.35. The third kappa shape index (κ3) is 6.16. The van der Waals surface area contributed by atoms with E-state index in [1.165, 1.54) is 22.9 Å². The zero-order valence-corrected chi connectivity index (χ0v) is 31.0. The molecule has 3 aliphatic heterocycles. The number of amides is 4. The van der Waals surface area contributed by atoms with Gasteiger partial charge in [-0.25, -0.2) is 9.69 Å². The van der Waals surface area contributed by atoms with Gasteiger partial charge in [0.25, 0.3) is 11.8 Å². The van der Waals surface area contributed by atoms with Crippen molar-refractivity contribution in [3.8, 4) is 5.75 Å². The van der Waals surface area contributed by atoms with E-state index in [1.807, 2.05) is 60.7 Å². The summed E-state index contributed by atoms with van der Waals surface area (Å²) in [5.41, 5.74) is 7.55. The molecule has 2 atom stereocenters. The quantitative estimate of drug-likeness (QED) is 0.129. The molecule has 6 aromatic rings. The number of hydrogen-bond donors (Lipinski definition) is 1. The average Bonchev–Trinajstić information content (AvgIpc) is 3.20. The molecule has 0 radical (unpaired) electrons. The fraction of sp³-hybridized carbons (Fsp3) is 0.152. The van der Waals surface area contributed by atoms with Gasteiger partial charge in [0.15, 0.2) is 0 Å². The van der Waals surface area contributed by atoms with E-state index in [9.17, 15) is 14.4 Å². The van der Waals surface area contributed by atoms with Gasteiger partial charge in [-0.1, -0.05) is 119 Å². The Morgan fingerprint density at radius 1 is 0.722 bits per heavy atom. The van der Waals surface area contributed by atoms with Crippen LogP contribution in [0.2, 0.25) is 0 Å². The van der Waals surface area contributed by atoms with Gasteiger partial charge in [-0.3, -0.25) is 14.9 Å². The van der Waals surface area contributed by atoms with Crippen molar-refractivity contribution in [2.24, 2.45) is 0 Å². The van der Waals surface area contributed by atoms with Crippen molar-refractivity contribution in [2.45, 2.75) is 31.3 Å². The Labute approximate surface area is 322 Å². The summed E-state index contributed by atoms with van der Waals surface area (Å²) in [6, 6.07) is 43.7. The summed E-state index contributed by atoms with van der Waals surface area (Å²) in [6.45, 7) is 2.12. The first-order valence-corrected chi connectivity index (χ1v) is 19.1. The van der Waals surface area contributed by atoms with Gasteiger partial charge in [0.05, 0.1) is 5.69 Å². The number of barbiturate groups is 1. The zero-order valence-electron chi connectivity index (χ0n) is 29.4. The number of rotatable bonds is 7. The first kappa shape index (κ1) is 33.8. The second-order valence-electron chi connectivity index (χ2n) is 14.0. The van der Waals surface area contributed by atoms with Crippen LogP contribution in [0.5, 0.6) is 5.75 Å². The average molecular weight is 775 g/mol. The standard InChI is InChI=1S/C46H36BrN3O4/c47-34-18-19-42(54-28-32-16-9-15-29-14-7-8-17-36(29)32)33(24-34)25-41-44(51)48-46(53)50(45(41)52)35-26-39-37(30-10-3-1-4-11-30)20-22-49-23-21-38(40(27-35)43(39)49)31-12-5-2-6-13-31/h1-19,24-27,37-38H,20-23,28H2,(H,48,51,53)/b41-25+/t37-,38-/m1/s1. The van der Waals surface area contributed by atoms with E-state index < -0.39 is 17.8 Å². The summed E-state index contributed by atoms with van der Waals surface area (Å²) in [5.74, 6) is -0.790. The van der Waals surface area contributed by atoms with Gasteiger partial charge < -0.3 is 9.64 Å². The molecule has 54 heavy (non-hydrogen) atoms.